The van der Waals surface area contributed by atoms with E-state index in [1.165, 1.54) is 0 Å². The second-order valence-electron chi connectivity index (χ2n) is 4.43. The third-order valence-electron chi connectivity index (χ3n) is 3.03. The number of pyridine rings is 1. The number of ether oxygens (including phenoxy) is 1. The van der Waals surface area contributed by atoms with Crippen molar-refractivity contribution in [2.45, 2.75) is 6.54 Å². The van der Waals surface area contributed by atoms with Gasteiger partial charge in [-0.2, -0.15) is 0 Å². The molecule has 1 aromatic carbocycles. The second kappa shape index (κ2) is 5.43. The minimum Gasteiger partial charge on any atom is -0.497 e. The van der Waals surface area contributed by atoms with Crippen LogP contribution in [0.4, 0.5) is 5.69 Å². The first-order chi connectivity index (χ1) is 9.74. The van der Waals surface area contributed by atoms with Gasteiger partial charge in [0.25, 0.3) is 0 Å². The first-order valence-electron chi connectivity index (χ1n) is 6.26. The van der Waals surface area contributed by atoms with Gasteiger partial charge in [-0.05, 0) is 36.4 Å². The summed E-state index contributed by atoms with van der Waals surface area (Å²) in [6, 6.07) is 11.5. The normalized spacial score (nSPS) is 10.7. The summed E-state index contributed by atoms with van der Waals surface area (Å²) in [5.74, 6) is 0.845. The van der Waals surface area contributed by atoms with Crippen molar-refractivity contribution in [1.29, 1.82) is 0 Å². The maximum Gasteiger partial charge on any atom is 0.137 e. The molecule has 0 atom stereocenters. The fourth-order valence-corrected chi connectivity index (χ4v) is 2.17. The van der Waals surface area contributed by atoms with Gasteiger partial charge in [-0.1, -0.05) is 11.6 Å². The van der Waals surface area contributed by atoms with Crippen LogP contribution in [0.3, 0.4) is 0 Å². The number of benzene rings is 1. The van der Waals surface area contributed by atoms with Gasteiger partial charge in [-0.25, -0.2) is 4.98 Å². The van der Waals surface area contributed by atoms with E-state index < -0.39 is 0 Å². The summed E-state index contributed by atoms with van der Waals surface area (Å²) < 4.78 is 7.05. The molecule has 2 heterocycles. The minimum atomic E-state index is 0.658. The molecule has 0 amide bonds. The van der Waals surface area contributed by atoms with E-state index in [9.17, 15) is 0 Å². The van der Waals surface area contributed by atoms with Crippen molar-refractivity contribution in [1.82, 2.24) is 9.38 Å². The molecule has 0 spiro atoms. The first kappa shape index (κ1) is 12.8. The van der Waals surface area contributed by atoms with E-state index in [-0.39, 0.29) is 0 Å². The zero-order valence-corrected chi connectivity index (χ0v) is 11.8. The van der Waals surface area contributed by atoms with Crippen LogP contribution in [0.2, 0.25) is 5.02 Å². The zero-order chi connectivity index (χ0) is 13.9. The Kier molecular flexibility index (Phi) is 3.48. The largest absolute Gasteiger partial charge is 0.497 e. The molecular weight excluding hydrogens is 274 g/mol. The summed E-state index contributed by atoms with van der Waals surface area (Å²) >= 11 is 5.95. The van der Waals surface area contributed by atoms with Gasteiger partial charge in [-0.3, -0.25) is 0 Å². The molecule has 0 radical (unpaired) electrons. The van der Waals surface area contributed by atoms with Gasteiger partial charge in [0, 0.05) is 18.1 Å². The van der Waals surface area contributed by atoms with Crippen LogP contribution in [0, 0.1) is 0 Å². The Bertz CT molecular complexity index is 722. The zero-order valence-electron chi connectivity index (χ0n) is 11.0. The molecule has 102 valence electrons. The van der Waals surface area contributed by atoms with Gasteiger partial charge in [0.15, 0.2) is 0 Å². The molecule has 0 bridgehead atoms. The molecule has 0 saturated heterocycles. The number of imidazole rings is 1. The van der Waals surface area contributed by atoms with Gasteiger partial charge < -0.3 is 14.5 Å². The molecule has 5 heteroatoms. The van der Waals surface area contributed by atoms with Crippen molar-refractivity contribution >= 4 is 22.9 Å². The van der Waals surface area contributed by atoms with Gasteiger partial charge in [-0.15, -0.1) is 0 Å². The average Bonchev–Trinajstić information content (AvgIpc) is 2.87. The van der Waals surface area contributed by atoms with Crippen molar-refractivity contribution in [3.8, 4) is 5.75 Å². The van der Waals surface area contributed by atoms with Crippen LogP contribution in [0.5, 0.6) is 5.75 Å². The molecule has 20 heavy (non-hydrogen) atoms. The van der Waals surface area contributed by atoms with E-state index >= 15 is 0 Å². The highest BCUT2D eigenvalue weighted by Gasteiger charge is 2.02. The number of nitrogens with zero attached hydrogens (tertiary/aromatic N) is 2. The van der Waals surface area contributed by atoms with Crippen molar-refractivity contribution in [3.63, 3.8) is 0 Å². The van der Waals surface area contributed by atoms with E-state index in [1.807, 2.05) is 53.2 Å². The number of fused-ring (bicyclic) bond motifs is 1. The number of aromatic nitrogens is 2. The Morgan fingerprint density at radius 3 is 2.70 bits per heavy atom. The predicted molar refractivity (Wildman–Crippen MR) is 80.5 cm³/mol. The van der Waals surface area contributed by atoms with Crippen LogP contribution >= 0.6 is 11.6 Å². The van der Waals surface area contributed by atoms with Gasteiger partial charge in [0.1, 0.15) is 11.4 Å². The van der Waals surface area contributed by atoms with Crippen molar-refractivity contribution in [3.05, 3.63) is 59.5 Å². The average molecular weight is 288 g/mol. The van der Waals surface area contributed by atoms with E-state index in [4.69, 9.17) is 16.3 Å². The number of hydrogen-bond acceptors (Lipinski definition) is 3. The molecule has 3 aromatic rings. The number of anilines is 1. The lowest BCUT2D eigenvalue weighted by Crippen LogP contribution is -1.99. The van der Waals surface area contributed by atoms with E-state index in [2.05, 4.69) is 10.3 Å². The number of rotatable bonds is 4. The molecule has 3 rings (SSSR count). The number of nitrogens with one attached hydrogen (secondary N) is 1. The molecule has 1 N–H and O–H groups in total. The number of halogens is 1. The lowest BCUT2D eigenvalue weighted by Gasteiger charge is -2.05. The highest BCUT2D eigenvalue weighted by atomic mass is 35.5. The Hall–Kier alpha value is -2.20. The summed E-state index contributed by atoms with van der Waals surface area (Å²) in [4.78, 5) is 4.52. The Morgan fingerprint density at radius 2 is 1.95 bits per heavy atom. The minimum absolute atomic E-state index is 0.658. The molecular formula is C15H14ClN3O. The third-order valence-corrected chi connectivity index (χ3v) is 3.25. The highest BCUT2D eigenvalue weighted by molar-refractivity contribution is 6.30. The Morgan fingerprint density at radius 1 is 1.15 bits per heavy atom. The predicted octanol–water partition coefficient (Wildman–Crippen LogP) is 3.61. The van der Waals surface area contributed by atoms with Crippen LogP contribution < -0.4 is 10.1 Å². The van der Waals surface area contributed by atoms with Crippen LogP contribution in [-0.2, 0) is 6.54 Å². The summed E-state index contributed by atoms with van der Waals surface area (Å²) in [5.41, 5.74) is 2.88. The lowest BCUT2D eigenvalue weighted by molar-refractivity contribution is 0.415. The molecule has 0 unspecified atom stereocenters. The molecule has 0 saturated carbocycles. The number of hydrogen-bond donors (Lipinski definition) is 1. The Labute approximate surface area is 122 Å². The smallest absolute Gasteiger partial charge is 0.137 e. The van der Waals surface area contributed by atoms with Crippen LogP contribution in [0.1, 0.15) is 5.69 Å². The fraction of sp³-hybridized carbons (Fsp3) is 0.133. The molecule has 0 fully saturated rings. The summed E-state index contributed by atoms with van der Waals surface area (Å²) in [6.07, 6.45) is 3.82. The first-order valence-corrected chi connectivity index (χ1v) is 6.63. The standard InChI is InChI=1S/C15H14ClN3O/c1-20-14-5-3-12(4-6-14)17-8-13-10-19-9-11(16)2-7-15(19)18-13/h2-7,9-10,17H,8H2,1H3. The summed E-state index contributed by atoms with van der Waals surface area (Å²) in [6.45, 7) is 0.658. The SMILES string of the molecule is COc1ccc(NCc2cn3cc(Cl)ccc3n2)cc1. The number of methoxy groups -OCH3 is 1. The van der Waals surface area contributed by atoms with Gasteiger partial charge in [0.05, 0.1) is 24.4 Å². The summed E-state index contributed by atoms with van der Waals surface area (Å²) in [5, 5.41) is 4.02. The Balaban J connectivity index is 1.72. The van der Waals surface area contributed by atoms with Crippen LogP contribution in [-0.4, -0.2) is 16.5 Å². The van der Waals surface area contributed by atoms with E-state index in [0.717, 1.165) is 22.8 Å². The molecule has 4 nitrogen and oxygen atoms in total. The maximum atomic E-state index is 5.95. The van der Waals surface area contributed by atoms with Crippen molar-refractivity contribution in [2.24, 2.45) is 0 Å². The van der Waals surface area contributed by atoms with Gasteiger partial charge >= 0.3 is 0 Å². The van der Waals surface area contributed by atoms with Crippen molar-refractivity contribution in [2.75, 3.05) is 12.4 Å². The summed E-state index contributed by atoms with van der Waals surface area (Å²) in [7, 11) is 1.66. The second-order valence-corrected chi connectivity index (χ2v) is 4.86. The topological polar surface area (TPSA) is 38.6 Å². The van der Waals surface area contributed by atoms with E-state index in [0.29, 0.717) is 11.6 Å². The van der Waals surface area contributed by atoms with Crippen LogP contribution in [0.25, 0.3) is 5.65 Å². The third kappa shape index (κ3) is 2.70. The monoisotopic (exact) mass is 287 g/mol. The molecule has 2 aromatic heterocycles. The van der Waals surface area contributed by atoms with Crippen LogP contribution in [0.15, 0.2) is 48.8 Å². The fourth-order valence-electron chi connectivity index (χ4n) is 2.00. The van der Waals surface area contributed by atoms with Crippen molar-refractivity contribution < 1.29 is 4.74 Å². The molecule has 0 aliphatic rings. The maximum absolute atomic E-state index is 5.95. The lowest BCUT2D eigenvalue weighted by atomic mass is 10.3. The highest BCUT2D eigenvalue weighted by Crippen LogP contribution is 2.16. The van der Waals surface area contributed by atoms with Gasteiger partial charge in [0.2, 0.25) is 0 Å². The quantitative estimate of drug-likeness (QED) is 0.797. The molecule has 0 aliphatic heterocycles. The van der Waals surface area contributed by atoms with E-state index in [1.54, 1.807) is 7.11 Å². The molecule has 0 aliphatic carbocycles.